The van der Waals surface area contributed by atoms with Crippen molar-refractivity contribution in [2.45, 2.75) is 32.0 Å². The van der Waals surface area contributed by atoms with Crippen LogP contribution in [-0.2, 0) is 9.53 Å². The zero-order valence-corrected chi connectivity index (χ0v) is 9.06. The topological polar surface area (TPSA) is 70.0 Å². The molecule has 1 aliphatic rings. The van der Waals surface area contributed by atoms with Gasteiger partial charge < -0.3 is 14.9 Å². The van der Waals surface area contributed by atoms with Gasteiger partial charge in [0.25, 0.3) is 0 Å². The van der Waals surface area contributed by atoms with Crippen LogP contribution >= 0.6 is 0 Å². The number of carboxylic acids is 1. The molecule has 88 valence electrons. The molecule has 1 aliphatic heterocycles. The van der Waals surface area contributed by atoms with E-state index in [0.29, 0.717) is 19.7 Å². The Morgan fingerprint density at radius 2 is 2.40 bits per heavy atom. The first kappa shape index (κ1) is 12.4. The Morgan fingerprint density at radius 3 is 3.00 bits per heavy atom. The Morgan fingerprint density at radius 1 is 1.67 bits per heavy atom. The van der Waals surface area contributed by atoms with Crippen LogP contribution in [0.2, 0.25) is 0 Å². The molecular formula is C10H19NO4. The van der Waals surface area contributed by atoms with Crippen molar-refractivity contribution in [1.29, 1.82) is 0 Å². The highest BCUT2D eigenvalue weighted by Gasteiger charge is 2.23. The predicted octanol–water partition coefficient (Wildman–Crippen LogP) is -0.0672. The second-order valence-electron chi connectivity index (χ2n) is 3.91. The van der Waals surface area contributed by atoms with Gasteiger partial charge in [0, 0.05) is 19.6 Å². The van der Waals surface area contributed by atoms with Crippen LogP contribution in [0.3, 0.4) is 0 Å². The normalized spacial score (nSPS) is 25.1. The molecule has 1 fully saturated rings. The fraction of sp³-hybridized carbons (Fsp3) is 0.900. The highest BCUT2D eigenvalue weighted by molar-refractivity contribution is 5.67. The van der Waals surface area contributed by atoms with E-state index in [1.54, 1.807) is 0 Å². The zero-order valence-electron chi connectivity index (χ0n) is 9.06. The maximum atomic E-state index is 10.5. The van der Waals surface area contributed by atoms with Gasteiger partial charge in [-0.25, -0.2) is 0 Å². The minimum Gasteiger partial charge on any atom is -0.481 e. The molecule has 1 saturated heterocycles. The molecule has 2 atom stereocenters. The van der Waals surface area contributed by atoms with E-state index in [-0.39, 0.29) is 18.6 Å². The lowest BCUT2D eigenvalue weighted by Gasteiger charge is -2.33. The van der Waals surface area contributed by atoms with Crippen molar-refractivity contribution >= 4 is 5.97 Å². The molecule has 0 aromatic heterocycles. The van der Waals surface area contributed by atoms with E-state index in [9.17, 15) is 9.90 Å². The largest absolute Gasteiger partial charge is 0.481 e. The molecule has 0 spiro atoms. The third-order valence-electron chi connectivity index (χ3n) is 2.57. The van der Waals surface area contributed by atoms with Crippen LogP contribution in [0, 0.1) is 0 Å². The third kappa shape index (κ3) is 4.59. The lowest BCUT2D eigenvalue weighted by molar-refractivity contribution is -0.142. The molecule has 5 nitrogen and oxygen atoms in total. The summed E-state index contributed by atoms with van der Waals surface area (Å²) < 4.78 is 5.33. The van der Waals surface area contributed by atoms with Crippen molar-refractivity contribution < 1.29 is 19.7 Å². The van der Waals surface area contributed by atoms with Gasteiger partial charge in [0.15, 0.2) is 0 Å². The molecular weight excluding hydrogens is 198 g/mol. The van der Waals surface area contributed by atoms with Gasteiger partial charge in [0.2, 0.25) is 0 Å². The number of ether oxygens (including phenoxy) is 1. The summed E-state index contributed by atoms with van der Waals surface area (Å²) in [6, 6.07) is 0. The SMILES string of the molecule is CCC(O)CN1CCOC(CC(=O)O)C1. The highest BCUT2D eigenvalue weighted by atomic mass is 16.5. The second-order valence-corrected chi connectivity index (χ2v) is 3.91. The van der Waals surface area contributed by atoms with Crippen LogP contribution in [-0.4, -0.2) is 59.5 Å². The number of aliphatic hydroxyl groups excluding tert-OH is 1. The highest BCUT2D eigenvalue weighted by Crippen LogP contribution is 2.09. The van der Waals surface area contributed by atoms with Crippen LogP contribution in [0.15, 0.2) is 0 Å². The molecule has 0 saturated carbocycles. The molecule has 1 heterocycles. The fourth-order valence-electron chi connectivity index (χ4n) is 1.69. The number of carboxylic acid groups (broad SMARTS) is 1. The summed E-state index contributed by atoms with van der Waals surface area (Å²) in [6.45, 7) is 4.46. The van der Waals surface area contributed by atoms with Crippen molar-refractivity contribution in [3.05, 3.63) is 0 Å². The Bertz CT molecular complexity index is 210. The summed E-state index contributed by atoms with van der Waals surface area (Å²) in [5, 5.41) is 18.1. The molecule has 0 aromatic carbocycles. The van der Waals surface area contributed by atoms with E-state index in [4.69, 9.17) is 9.84 Å². The zero-order chi connectivity index (χ0) is 11.3. The average molecular weight is 217 g/mol. The Labute approximate surface area is 89.6 Å². The molecule has 0 aliphatic carbocycles. The van der Waals surface area contributed by atoms with Gasteiger partial charge >= 0.3 is 5.97 Å². The van der Waals surface area contributed by atoms with Crippen LogP contribution in [0.4, 0.5) is 0 Å². The van der Waals surface area contributed by atoms with E-state index in [1.165, 1.54) is 0 Å². The minimum absolute atomic E-state index is 0.0404. The van der Waals surface area contributed by atoms with Crippen LogP contribution in [0.5, 0.6) is 0 Å². The maximum absolute atomic E-state index is 10.5. The summed E-state index contributed by atoms with van der Waals surface area (Å²) in [6.07, 6.45) is 0.202. The average Bonchev–Trinajstić information content (AvgIpc) is 2.17. The van der Waals surface area contributed by atoms with Crippen LogP contribution in [0.1, 0.15) is 19.8 Å². The van der Waals surface area contributed by atoms with Crippen molar-refractivity contribution in [2.75, 3.05) is 26.2 Å². The summed E-state index contributed by atoms with van der Waals surface area (Å²) in [7, 11) is 0. The van der Waals surface area contributed by atoms with E-state index in [2.05, 4.69) is 4.90 Å². The smallest absolute Gasteiger partial charge is 0.306 e. The third-order valence-corrected chi connectivity index (χ3v) is 2.57. The number of nitrogens with zero attached hydrogens (tertiary/aromatic N) is 1. The minimum atomic E-state index is -0.835. The summed E-state index contributed by atoms with van der Waals surface area (Å²) in [5.41, 5.74) is 0. The van der Waals surface area contributed by atoms with Crippen molar-refractivity contribution in [2.24, 2.45) is 0 Å². The number of carbonyl (C=O) groups is 1. The first-order valence-electron chi connectivity index (χ1n) is 5.35. The first-order valence-corrected chi connectivity index (χ1v) is 5.35. The van der Waals surface area contributed by atoms with Gasteiger partial charge in [0.1, 0.15) is 0 Å². The molecule has 15 heavy (non-hydrogen) atoms. The second kappa shape index (κ2) is 6.05. The summed E-state index contributed by atoms with van der Waals surface area (Å²) >= 11 is 0. The van der Waals surface area contributed by atoms with Crippen LogP contribution in [0.25, 0.3) is 0 Å². The number of aliphatic hydroxyl groups is 1. The van der Waals surface area contributed by atoms with Gasteiger partial charge in [0.05, 0.1) is 25.2 Å². The Kier molecular flexibility index (Phi) is 5.01. The van der Waals surface area contributed by atoms with Gasteiger partial charge in [-0.1, -0.05) is 6.92 Å². The van der Waals surface area contributed by atoms with Gasteiger partial charge in [-0.2, -0.15) is 0 Å². The lowest BCUT2D eigenvalue weighted by Crippen LogP contribution is -2.46. The number of morpholine rings is 1. The molecule has 1 rings (SSSR count). The molecule has 2 unspecified atom stereocenters. The molecule has 2 N–H and O–H groups in total. The molecule has 0 bridgehead atoms. The van der Waals surface area contributed by atoms with E-state index in [0.717, 1.165) is 13.0 Å². The first-order chi connectivity index (χ1) is 7.11. The fourth-order valence-corrected chi connectivity index (χ4v) is 1.69. The van der Waals surface area contributed by atoms with Gasteiger partial charge in [-0.3, -0.25) is 9.69 Å². The van der Waals surface area contributed by atoms with Crippen molar-refractivity contribution in [1.82, 2.24) is 4.90 Å². The van der Waals surface area contributed by atoms with E-state index >= 15 is 0 Å². The number of hydrogen-bond acceptors (Lipinski definition) is 4. The predicted molar refractivity (Wildman–Crippen MR) is 54.7 cm³/mol. The molecule has 0 aromatic rings. The van der Waals surface area contributed by atoms with Crippen LogP contribution < -0.4 is 0 Å². The number of rotatable bonds is 5. The standard InChI is InChI=1S/C10H19NO4/c1-2-8(12)6-11-3-4-15-9(7-11)5-10(13)14/h8-9,12H,2-7H2,1H3,(H,13,14). The van der Waals surface area contributed by atoms with Gasteiger partial charge in [-0.05, 0) is 6.42 Å². The summed E-state index contributed by atoms with van der Waals surface area (Å²) in [4.78, 5) is 12.6. The maximum Gasteiger partial charge on any atom is 0.306 e. The summed E-state index contributed by atoms with van der Waals surface area (Å²) in [5.74, 6) is -0.835. The molecule has 5 heteroatoms. The van der Waals surface area contributed by atoms with E-state index < -0.39 is 5.97 Å². The van der Waals surface area contributed by atoms with Gasteiger partial charge in [-0.15, -0.1) is 0 Å². The lowest BCUT2D eigenvalue weighted by atomic mass is 10.2. The number of β-amino-alcohol motifs (C(OH)–C–C–N with tert-alkyl or cyclic N) is 1. The monoisotopic (exact) mass is 217 g/mol. The molecule has 0 amide bonds. The molecule has 0 radical (unpaired) electrons. The quantitative estimate of drug-likeness (QED) is 0.674. The number of hydrogen-bond donors (Lipinski definition) is 2. The van der Waals surface area contributed by atoms with Crippen molar-refractivity contribution in [3.8, 4) is 0 Å². The Hall–Kier alpha value is -0.650. The number of aliphatic carboxylic acids is 1. The Balaban J connectivity index is 2.31. The van der Waals surface area contributed by atoms with E-state index in [1.807, 2.05) is 6.92 Å². The van der Waals surface area contributed by atoms with Crippen molar-refractivity contribution in [3.63, 3.8) is 0 Å².